The fraction of sp³-hybridized carbons (Fsp3) is 0.375. The monoisotopic (exact) mass is 186 g/mol. The maximum absolute atomic E-state index is 9.23. The van der Waals surface area contributed by atoms with Crippen LogP contribution < -0.4 is 5.73 Å². The van der Waals surface area contributed by atoms with Crippen LogP contribution in [0.1, 0.15) is 5.56 Å². The second-order valence-corrected chi connectivity index (χ2v) is 2.97. The highest BCUT2D eigenvalue weighted by Gasteiger charge is 2.05. The van der Waals surface area contributed by atoms with E-state index in [4.69, 9.17) is 17.3 Å². The van der Waals surface area contributed by atoms with E-state index < -0.39 is 6.10 Å². The Morgan fingerprint density at radius 2 is 2.42 bits per heavy atom. The molecule has 0 aromatic carbocycles. The third-order valence-corrected chi connectivity index (χ3v) is 1.92. The van der Waals surface area contributed by atoms with E-state index in [1.54, 1.807) is 18.5 Å². The second kappa shape index (κ2) is 4.40. The molecule has 0 bridgehead atoms. The van der Waals surface area contributed by atoms with Gasteiger partial charge in [-0.15, -0.1) is 0 Å². The molecule has 0 spiro atoms. The molecule has 0 aliphatic carbocycles. The molecule has 0 aliphatic rings. The zero-order valence-electron chi connectivity index (χ0n) is 6.57. The summed E-state index contributed by atoms with van der Waals surface area (Å²) in [5.74, 6) is 0. The van der Waals surface area contributed by atoms with E-state index in [9.17, 15) is 5.11 Å². The molecule has 1 rings (SSSR count). The zero-order chi connectivity index (χ0) is 8.97. The quantitative estimate of drug-likeness (QED) is 0.727. The molecule has 0 saturated carbocycles. The first-order valence-corrected chi connectivity index (χ1v) is 4.08. The Kier molecular flexibility index (Phi) is 3.47. The average Bonchev–Trinajstić information content (AvgIpc) is 2.09. The first-order chi connectivity index (χ1) is 5.74. The fourth-order valence-electron chi connectivity index (χ4n) is 0.907. The molecule has 0 fully saturated rings. The lowest BCUT2D eigenvalue weighted by molar-refractivity contribution is 0.183. The summed E-state index contributed by atoms with van der Waals surface area (Å²) < 4.78 is 0. The van der Waals surface area contributed by atoms with Gasteiger partial charge < -0.3 is 10.8 Å². The van der Waals surface area contributed by atoms with Crippen molar-refractivity contribution >= 4 is 11.6 Å². The van der Waals surface area contributed by atoms with Crippen molar-refractivity contribution < 1.29 is 5.11 Å². The molecule has 4 heteroatoms. The Morgan fingerprint density at radius 1 is 1.67 bits per heavy atom. The number of hydrogen-bond donors (Lipinski definition) is 2. The number of hydrogen-bond acceptors (Lipinski definition) is 3. The number of nitrogens with zero attached hydrogens (tertiary/aromatic N) is 1. The lowest BCUT2D eigenvalue weighted by Gasteiger charge is -2.07. The van der Waals surface area contributed by atoms with Gasteiger partial charge in [0, 0.05) is 25.4 Å². The minimum Gasteiger partial charge on any atom is -0.391 e. The number of aliphatic hydroxyl groups excluding tert-OH is 1. The maximum atomic E-state index is 9.23. The SMILES string of the molecule is NCC(O)Cc1ccncc1Cl. The maximum Gasteiger partial charge on any atom is 0.0703 e. The molecule has 0 amide bonds. The zero-order valence-corrected chi connectivity index (χ0v) is 7.33. The van der Waals surface area contributed by atoms with Gasteiger partial charge in [-0.3, -0.25) is 4.98 Å². The van der Waals surface area contributed by atoms with Crippen molar-refractivity contribution in [2.45, 2.75) is 12.5 Å². The van der Waals surface area contributed by atoms with E-state index in [-0.39, 0.29) is 6.54 Å². The van der Waals surface area contributed by atoms with E-state index in [1.807, 2.05) is 0 Å². The van der Waals surface area contributed by atoms with Crippen LogP contribution in [0.4, 0.5) is 0 Å². The summed E-state index contributed by atoms with van der Waals surface area (Å²) in [7, 11) is 0. The molecule has 1 heterocycles. The molecule has 0 aliphatic heterocycles. The summed E-state index contributed by atoms with van der Waals surface area (Å²) in [6.07, 6.45) is 3.16. The van der Waals surface area contributed by atoms with Crippen molar-refractivity contribution in [1.29, 1.82) is 0 Å². The van der Waals surface area contributed by atoms with E-state index in [0.29, 0.717) is 11.4 Å². The van der Waals surface area contributed by atoms with Crippen LogP contribution >= 0.6 is 11.6 Å². The smallest absolute Gasteiger partial charge is 0.0703 e. The van der Waals surface area contributed by atoms with Crippen molar-refractivity contribution in [3.63, 3.8) is 0 Å². The molecule has 1 aromatic rings. The first-order valence-electron chi connectivity index (χ1n) is 3.70. The van der Waals surface area contributed by atoms with Gasteiger partial charge in [0.15, 0.2) is 0 Å². The largest absolute Gasteiger partial charge is 0.391 e. The van der Waals surface area contributed by atoms with Gasteiger partial charge in [0.05, 0.1) is 11.1 Å². The summed E-state index contributed by atoms with van der Waals surface area (Å²) in [4.78, 5) is 3.83. The Labute approximate surface area is 76.2 Å². The van der Waals surface area contributed by atoms with Crippen molar-refractivity contribution in [1.82, 2.24) is 4.98 Å². The van der Waals surface area contributed by atoms with E-state index in [0.717, 1.165) is 5.56 Å². The summed E-state index contributed by atoms with van der Waals surface area (Å²) in [5, 5.41) is 9.81. The number of nitrogens with two attached hydrogens (primary N) is 1. The predicted molar refractivity (Wildman–Crippen MR) is 48.0 cm³/mol. The van der Waals surface area contributed by atoms with Crippen LogP contribution in [0.5, 0.6) is 0 Å². The lowest BCUT2D eigenvalue weighted by Crippen LogP contribution is -2.22. The van der Waals surface area contributed by atoms with Crippen LogP contribution in [0.25, 0.3) is 0 Å². The Morgan fingerprint density at radius 3 is 3.00 bits per heavy atom. The Hall–Kier alpha value is -0.640. The molecule has 1 unspecified atom stereocenters. The molecule has 0 saturated heterocycles. The van der Waals surface area contributed by atoms with Crippen LogP contribution in [-0.2, 0) is 6.42 Å². The molecular formula is C8H11ClN2O. The van der Waals surface area contributed by atoms with E-state index in [1.165, 1.54) is 0 Å². The highest BCUT2D eigenvalue weighted by molar-refractivity contribution is 6.31. The molecule has 0 radical (unpaired) electrons. The van der Waals surface area contributed by atoms with Crippen molar-refractivity contribution in [3.05, 3.63) is 29.0 Å². The topological polar surface area (TPSA) is 59.1 Å². The third kappa shape index (κ3) is 2.44. The van der Waals surface area contributed by atoms with Gasteiger partial charge in [0.1, 0.15) is 0 Å². The van der Waals surface area contributed by atoms with Crippen molar-refractivity contribution in [3.8, 4) is 0 Å². The Balaban J connectivity index is 2.69. The van der Waals surface area contributed by atoms with E-state index >= 15 is 0 Å². The molecule has 1 aromatic heterocycles. The summed E-state index contributed by atoms with van der Waals surface area (Å²) in [5.41, 5.74) is 6.14. The number of pyridine rings is 1. The van der Waals surface area contributed by atoms with Crippen LogP contribution in [0.3, 0.4) is 0 Å². The molecular weight excluding hydrogens is 176 g/mol. The minimum atomic E-state index is -0.523. The molecule has 3 N–H and O–H groups in total. The van der Waals surface area contributed by atoms with Crippen LogP contribution in [0, 0.1) is 0 Å². The predicted octanol–water partition coefficient (Wildman–Crippen LogP) is 0.597. The standard InChI is InChI=1S/C8H11ClN2O/c9-8-5-11-2-1-6(8)3-7(12)4-10/h1-2,5,7,12H,3-4,10H2. The molecule has 3 nitrogen and oxygen atoms in total. The first kappa shape index (κ1) is 9.45. The number of rotatable bonds is 3. The number of aliphatic hydroxyl groups is 1. The third-order valence-electron chi connectivity index (χ3n) is 1.58. The minimum absolute atomic E-state index is 0.249. The van der Waals surface area contributed by atoms with Gasteiger partial charge in [-0.1, -0.05) is 11.6 Å². The molecule has 66 valence electrons. The normalized spacial score (nSPS) is 12.9. The highest BCUT2D eigenvalue weighted by Crippen LogP contribution is 2.14. The number of aromatic nitrogens is 1. The van der Waals surface area contributed by atoms with Crippen LogP contribution in [-0.4, -0.2) is 22.7 Å². The van der Waals surface area contributed by atoms with Crippen LogP contribution in [0.15, 0.2) is 18.5 Å². The van der Waals surface area contributed by atoms with E-state index in [2.05, 4.69) is 4.98 Å². The summed E-state index contributed by atoms with van der Waals surface area (Å²) in [6, 6.07) is 1.78. The van der Waals surface area contributed by atoms with Crippen LogP contribution in [0.2, 0.25) is 5.02 Å². The van der Waals surface area contributed by atoms with Crippen molar-refractivity contribution in [2.24, 2.45) is 5.73 Å². The Bertz CT molecular complexity index is 255. The van der Waals surface area contributed by atoms with Gasteiger partial charge in [0.25, 0.3) is 0 Å². The average molecular weight is 187 g/mol. The highest BCUT2D eigenvalue weighted by atomic mass is 35.5. The number of halogens is 1. The van der Waals surface area contributed by atoms with Gasteiger partial charge in [-0.05, 0) is 11.6 Å². The second-order valence-electron chi connectivity index (χ2n) is 2.56. The van der Waals surface area contributed by atoms with Gasteiger partial charge in [0.2, 0.25) is 0 Å². The molecule has 12 heavy (non-hydrogen) atoms. The van der Waals surface area contributed by atoms with Gasteiger partial charge >= 0.3 is 0 Å². The fourth-order valence-corrected chi connectivity index (χ4v) is 1.10. The van der Waals surface area contributed by atoms with Gasteiger partial charge in [-0.2, -0.15) is 0 Å². The lowest BCUT2D eigenvalue weighted by atomic mass is 10.1. The van der Waals surface area contributed by atoms with Gasteiger partial charge in [-0.25, -0.2) is 0 Å². The summed E-state index contributed by atoms with van der Waals surface area (Å²) >= 11 is 5.81. The van der Waals surface area contributed by atoms with Crippen molar-refractivity contribution in [2.75, 3.05) is 6.54 Å². The summed E-state index contributed by atoms with van der Waals surface area (Å²) in [6.45, 7) is 0.249. The molecule has 1 atom stereocenters.